The Kier molecular flexibility index (Phi) is 7.39. The monoisotopic (exact) mass is 719 g/mol. The zero-order valence-corrected chi connectivity index (χ0v) is 30.6. The molecule has 2 nitrogen and oxygen atoms in total. The second-order valence-corrected chi connectivity index (χ2v) is 15.2. The van der Waals surface area contributed by atoms with Crippen molar-refractivity contribution in [1.82, 2.24) is 0 Å². The fourth-order valence-electron chi connectivity index (χ4n) is 8.25. The van der Waals surface area contributed by atoms with Gasteiger partial charge >= 0.3 is 0 Å². The second kappa shape index (κ2) is 12.9. The number of anilines is 3. The van der Waals surface area contributed by atoms with Crippen LogP contribution in [-0.2, 0) is 0 Å². The van der Waals surface area contributed by atoms with Gasteiger partial charge in [0.25, 0.3) is 0 Å². The molecule has 0 aliphatic carbocycles. The van der Waals surface area contributed by atoms with E-state index in [-0.39, 0.29) is 0 Å². The summed E-state index contributed by atoms with van der Waals surface area (Å²) in [6.07, 6.45) is 0. The molecule has 0 N–H and O–H groups in total. The fourth-order valence-corrected chi connectivity index (χ4v) is 9.37. The van der Waals surface area contributed by atoms with Gasteiger partial charge in [0.15, 0.2) is 0 Å². The number of hydrogen-bond donors (Lipinski definition) is 0. The molecule has 2 aromatic heterocycles. The van der Waals surface area contributed by atoms with E-state index in [0.29, 0.717) is 0 Å². The summed E-state index contributed by atoms with van der Waals surface area (Å²) in [5.41, 5.74) is 12.2. The number of nitrogens with zero attached hydrogens (tertiary/aromatic N) is 1. The number of fused-ring (bicyclic) bond motifs is 7. The third-order valence-corrected chi connectivity index (χ3v) is 12.0. The highest BCUT2D eigenvalue weighted by Crippen LogP contribution is 2.43. The Morgan fingerprint density at radius 2 is 0.982 bits per heavy atom. The van der Waals surface area contributed by atoms with Crippen LogP contribution in [0, 0.1) is 0 Å². The van der Waals surface area contributed by atoms with Crippen LogP contribution in [0.4, 0.5) is 17.1 Å². The molecule has 0 atom stereocenters. The molecule has 11 aromatic rings. The van der Waals surface area contributed by atoms with Gasteiger partial charge < -0.3 is 9.32 Å². The molecular weight excluding hydrogens is 687 g/mol. The Morgan fingerprint density at radius 3 is 1.82 bits per heavy atom. The van der Waals surface area contributed by atoms with Gasteiger partial charge in [0.1, 0.15) is 11.2 Å². The van der Waals surface area contributed by atoms with Crippen LogP contribution in [0.2, 0.25) is 0 Å². The molecule has 11 rings (SSSR count). The van der Waals surface area contributed by atoms with Crippen molar-refractivity contribution in [3.63, 3.8) is 0 Å². The zero-order chi connectivity index (χ0) is 36.3. The van der Waals surface area contributed by atoms with Gasteiger partial charge in [0, 0.05) is 48.0 Å². The predicted molar refractivity (Wildman–Crippen MR) is 235 cm³/mol. The molecule has 0 saturated carbocycles. The van der Waals surface area contributed by atoms with E-state index in [2.05, 4.69) is 193 Å². The molecule has 258 valence electrons. The molecule has 2 heterocycles. The van der Waals surface area contributed by atoms with Crippen LogP contribution in [0.3, 0.4) is 0 Å². The molecule has 0 aliphatic heterocycles. The first kappa shape index (κ1) is 31.6. The maximum absolute atomic E-state index is 6.28. The molecule has 0 unspecified atom stereocenters. The minimum Gasteiger partial charge on any atom is -0.456 e. The van der Waals surface area contributed by atoms with E-state index in [0.717, 1.165) is 50.1 Å². The molecule has 9 aromatic carbocycles. The summed E-state index contributed by atoms with van der Waals surface area (Å²) < 4.78 is 8.93. The van der Waals surface area contributed by atoms with Crippen molar-refractivity contribution >= 4 is 81.3 Å². The first-order chi connectivity index (χ1) is 27.2. The SMILES string of the molecule is c1ccc(-c2ccc(N(c3ccc(-c4cccc5cc6c(cc45)sc4ccccc46)cc3)c3cccc(-c4cccc5oc6ccccc6c45)c3)cc2)cc1. The zero-order valence-electron chi connectivity index (χ0n) is 29.8. The van der Waals surface area contributed by atoms with Gasteiger partial charge in [-0.25, -0.2) is 0 Å². The highest BCUT2D eigenvalue weighted by Gasteiger charge is 2.17. The van der Waals surface area contributed by atoms with Crippen molar-refractivity contribution in [2.75, 3.05) is 4.90 Å². The molecule has 0 spiro atoms. The largest absolute Gasteiger partial charge is 0.456 e. The van der Waals surface area contributed by atoms with Crippen LogP contribution < -0.4 is 4.90 Å². The van der Waals surface area contributed by atoms with Crippen molar-refractivity contribution in [1.29, 1.82) is 0 Å². The van der Waals surface area contributed by atoms with E-state index in [1.54, 1.807) is 0 Å². The second-order valence-electron chi connectivity index (χ2n) is 14.1. The number of furan rings is 1. The van der Waals surface area contributed by atoms with Gasteiger partial charge in [-0.3, -0.25) is 0 Å². The Morgan fingerprint density at radius 1 is 0.345 bits per heavy atom. The number of para-hydroxylation sites is 1. The van der Waals surface area contributed by atoms with Crippen molar-refractivity contribution in [2.24, 2.45) is 0 Å². The maximum atomic E-state index is 6.28. The Labute approximate surface area is 322 Å². The molecule has 0 radical (unpaired) electrons. The van der Waals surface area contributed by atoms with E-state index in [1.807, 2.05) is 23.5 Å². The standard InChI is InChI=1S/C52H33NOS/c1-2-11-34(12-3-1)35-23-27-39(28-24-35)53(41-15-8-13-37(31-41)43-19-10-21-49-52(43)45-17-4-6-20-48(45)54-49)40-29-25-36(26-30-40)42-18-9-14-38-32-47-44-16-5-7-22-50(44)55-51(47)33-46(38)42/h1-33H. The Hall–Kier alpha value is -6.94. The average Bonchev–Trinajstić information content (AvgIpc) is 3.82. The van der Waals surface area contributed by atoms with Gasteiger partial charge in [-0.2, -0.15) is 0 Å². The minimum atomic E-state index is 0.898. The van der Waals surface area contributed by atoms with Crippen LogP contribution in [0.5, 0.6) is 0 Å². The van der Waals surface area contributed by atoms with Crippen LogP contribution in [0.15, 0.2) is 205 Å². The quantitative estimate of drug-likeness (QED) is 0.170. The Bertz CT molecular complexity index is 3190. The molecule has 0 saturated heterocycles. The lowest BCUT2D eigenvalue weighted by Crippen LogP contribution is -2.10. The van der Waals surface area contributed by atoms with Gasteiger partial charge in [-0.05, 0) is 111 Å². The van der Waals surface area contributed by atoms with Gasteiger partial charge in [0.05, 0.1) is 0 Å². The lowest BCUT2D eigenvalue weighted by molar-refractivity contribution is 0.669. The summed E-state index contributed by atoms with van der Waals surface area (Å²) in [6, 6.07) is 72.2. The van der Waals surface area contributed by atoms with Crippen LogP contribution in [0.1, 0.15) is 0 Å². The van der Waals surface area contributed by atoms with Crippen LogP contribution in [-0.4, -0.2) is 0 Å². The van der Waals surface area contributed by atoms with Crippen molar-refractivity contribution in [3.05, 3.63) is 200 Å². The first-order valence-corrected chi connectivity index (χ1v) is 19.5. The van der Waals surface area contributed by atoms with Crippen LogP contribution in [0.25, 0.3) is 86.3 Å². The van der Waals surface area contributed by atoms with E-state index in [4.69, 9.17) is 4.42 Å². The highest BCUT2D eigenvalue weighted by atomic mass is 32.1. The predicted octanol–water partition coefficient (Wildman–Crippen LogP) is 15.6. The number of rotatable bonds is 6. The highest BCUT2D eigenvalue weighted by molar-refractivity contribution is 7.25. The number of hydrogen-bond acceptors (Lipinski definition) is 3. The molecule has 0 aliphatic rings. The minimum absolute atomic E-state index is 0.898. The first-order valence-electron chi connectivity index (χ1n) is 18.7. The molecule has 55 heavy (non-hydrogen) atoms. The lowest BCUT2D eigenvalue weighted by Gasteiger charge is -2.26. The van der Waals surface area contributed by atoms with E-state index >= 15 is 0 Å². The molecule has 0 amide bonds. The topological polar surface area (TPSA) is 16.4 Å². The van der Waals surface area contributed by atoms with Gasteiger partial charge in [-0.1, -0.05) is 133 Å². The lowest BCUT2D eigenvalue weighted by atomic mass is 9.96. The van der Waals surface area contributed by atoms with Gasteiger partial charge in [0.2, 0.25) is 0 Å². The average molecular weight is 720 g/mol. The Balaban J connectivity index is 1.03. The van der Waals surface area contributed by atoms with E-state index in [9.17, 15) is 0 Å². The van der Waals surface area contributed by atoms with Gasteiger partial charge in [-0.15, -0.1) is 11.3 Å². The summed E-state index contributed by atoms with van der Waals surface area (Å²) >= 11 is 1.87. The normalized spacial score (nSPS) is 11.6. The third-order valence-electron chi connectivity index (χ3n) is 10.9. The smallest absolute Gasteiger partial charge is 0.136 e. The third kappa shape index (κ3) is 5.40. The molecule has 0 bridgehead atoms. The molecule has 3 heteroatoms. The summed E-state index contributed by atoms with van der Waals surface area (Å²) in [7, 11) is 0. The summed E-state index contributed by atoms with van der Waals surface area (Å²) in [5, 5.41) is 7.46. The van der Waals surface area contributed by atoms with Crippen LogP contribution >= 0.6 is 11.3 Å². The molecular formula is C52H33NOS. The maximum Gasteiger partial charge on any atom is 0.136 e. The van der Waals surface area contributed by atoms with E-state index in [1.165, 1.54) is 53.2 Å². The summed E-state index contributed by atoms with van der Waals surface area (Å²) in [4.78, 5) is 2.36. The summed E-state index contributed by atoms with van der Waals surface area (Å²) in [6.45, 7) is 0. The fraction of sp³-hybridized carbons (Fsp3) is 0. The summed E-state index contributed by atoms with van der Waals surface area (Å²) in [5.74, 6) is 0. The van der Waals surface area contributed by atoms with Crippen molar-refractivity contribution in [2.45, 2.75) is 0 Å². The number of thiophene rings is 1. The van der Waals surface area contributed by atoms with Crippen molar-refractivity contribution < 1.29 is 4.42 Å². The van der Waals surface area contributed by atoms with Crippen molar-refractivity contribution in [3.8, 4) is 33.4 Å². The molecule has 0 fully saturated rings. The number of benzene rings is 9. The van der Waals surface area contributed by atoms with E-state index < -0.39 is 0 Å².